The van der Waals surface area contributed by atoms with Crippen molar-refractivity contribution in [2.45, 2.75) is 13.1 Å². The number of fused-ring (bicyclic) bond motifs is 1. The third kappa shape index (κ3) is 2.58. The van der Waals surface area contributed by atoms with Crippen molar-refractivity contribution in [2.24, 2.45) is 0 Å². The van der Waals surface area contributed by atoms with E-state index in [9.17, 15) is 4.57 Å². The number of rotatable bonds is 3. The van der Waals surface area contributed by atoms with Crippen LogP contribution in [0.2, 0.25) is 0 Å². The highest BCUT2D eigenvalue weighted by Crippen LogP contribution is 2.30. The Morgan fingerprint density at radius 2 is 1.95 bits per heavy atom. The Labute approximate surface area is 117 Å². The van der Waals surface area contributed by atoms with Crippen LogP contribution in [0.4, 0.5) is 0 Å². The molecule has 0 radical (unpaired) electrons. The molecule has 3 aromatic rings. The molecule has 0 fully saturated rings. The lowest BCUT2D eigenvalue weighted by atomic mass is 10.1. The van der Waals surface area contributed by atoms with E-state index in [1.807, 2.05) is 24.3 Å². The number of hydrogen-bond acceptors (Lipinski definition) is 3. The van der Waals surface area contributed by atoms with Crippen molar-refractivity contribution in [2.75, 3.05) is 0 Å². The van der Waals surface area contributed by atoms with E-state index in [0.29, 0.717) is 6.16 Å². The zero-order valence-corrected chi connectivity index (χ0v) is 12.2. The molecule has 0 aliphatic heterocycles. The summed E-state index contributed by atoms with van der Waals surface area (Å²) >= 11 is 1.71. The van der Waals surface area contributed by atoms with Gasteiger partial charge in [0.1, 0.15) is 5.01 Å². The van der Waals surface area contributed by atoms with E-state index >= 15 is 0 Å². The molecule has 2 aromatic carbocycles. The van der Waals surface area contributed by atoms with E-state index in [-0.39, 0.29) is 8.46 Å². The fraction of sp³-hybridized carbons (Fsp3) is 0.133. The highest BCUT2D eigenvalue weighted by atomic mass is 32.1. The van der Waals surface area contributed by atoms with E-state index in [0.717, 1.165) is 21.7 Å². The lowest BCUT2D eigenvalue weighted by Gasteiger charge is -1.97. The predicted octanol–water partition coefficient (Wildman–Crippen LogP) is 5.06. The maximum Gasteiger partial charge on any atom is 0.160 e. The maximum absolute atomic E-state index is 10.6. The standard InChI is InChI=1S/C15H12NOPS/c1-10-2-7-13-14(8-10)19-15(16-13)12-5-3-11(4-6-12)9-18-17/h2-8H,9H2,1H3. The molecule has 0 saturated heterocycles. The molecule has 0 bridgehead atoms. The van der Waals surface area contributed by atoms with Gasteiger partial charge in [-0.15, -0.1) is 11.3 Å². The second-order valence-corrected chi connectivity index (χ2v) is 6.08. The molecule has 4 heteroatoms. The van der Waals surface area contributed by atoms with Crippen LogP contribution in [-0.4, -0.2) is 4.98 Å². The smallest absolute Gasteiger partial charge is 0.160 e. The fourth-order valence-electron chi connectivity index (χ4n) is 1.98. The quantitative estimate of drug-likeness (QED) is 0.629. The molecule has 0 amide bonds. The number of aryl methyl sites for hydroxylation is 1. The SMILES string of the molecule is Cc1ccc2nc(-c3ccc(CP=O)cc3)sc2c1. The Bertz CT molecular complexity index is 733. The molecular formula is C15H12NOPS. The molecule has 0 unspecified atom stereocenters. The number of benzene rings is 2. The van der Waals surface area contributed by atoms with E-state index in [1.54, 1.807) is 11.3 Å². The summed E-state index contributed by atoms with van der Waals surface area (Å²) in [7, 11) is 0.162. The van der Waals surface area contributed by atoms with Gasteiger partial charge in [0.15, 0.2) is 8.46 Å². The van der Waals surface area contributed by atoms with E-state index in [2.05, 4.69) is 30.1 Å². The molecule has 0 aliphatic carbocycles. The zero-order chi connectivity index (χ0) is 13.2. The summed E-state index contributed by atoms with van der Waals surface area (Å²) in [6, 6.07) is 14.4. The summed E-state index contributed by atoms with van der Waals surface area (Å²) in [5, 5.41) is 1.03. The maximum atomic E-state index is 10.6. The first-order chi connectivity index (χ1) is 9.26. The number of nitrogens with zero attached hydrogens (tertiary/aromatic N) is 1. The average Bonchev–Trinajstić information content (AvgIpc) is 2.83. The van der Waals surface area contributed by atoms with Crippen LogP contribution in [-0.2, 0) is 10.7 Å². The van der Waals surface area contributed by atoms with Crippen molar-refractivity contribution in [1.82, 2.24) is 4.98 Å². The van der Waals surface area contributed by atoms with Gasteiger partial charge in [-0.3, -0.25) is 4.57 Å². The Hall–Kier alpha value is -1.57. The Balaban J connectivity index is 2.01. The second-order valence-electron chi connectivity index (χ2n) is 4.47. The van der Waals surface area contributed by atoms with Crippen LogP contribution in [0.3, 0.4) is 0 Å². The molecule has 19 heavy (non-hydrogen) atoms. The normalized spacial score (nSPS) is 11.2. The fourth-order valence-corrected chi connectivity index (χ4v) is 3.41. The first-order valence-electron chi connectivity index (χ1n) is 6.02. The molecule has 0 N–H and O–H groups in total. The van der Waals surface area contributed by atoms with Gasteiger partial charge in [0, 0.05) is 5.56 Å². The van der Waals surface area contributed by atoms with Crippen LogP contribution >= 0.6 is 19.8 Å². The van der Waals surface area contributed by atoms with Gasteiger partial charge in [-0.1, -0.05) is 30.3 Å². The molecule has 1 heterocycles. The molecule has 94 valence electrons. The van der Waals surface area contributed by atoms with Crippen LogP contribution in [0, 0.1) is 6.92 Å². The van der Waals surface area contributed by atoms with Crippen LogP contribution in [0.25, 0.3) is 20.8 Å². The van der Waals surface area contributed by atoms with Gasteiger partial charge in [0.05, 0.1) is 16.4 Å². The van der Waals surface area contributed by atoms with Gasteiger partial charge >= 0.3 is 0 Å². The highest BCUT2D eigenvalue weighted by Gasteiger charge is 2.06. The van der Waals surface area contributed by atoms with Crippen molar-refractivity contribution >= 4 is 30.0 Å². The predicted molar refractivity (Wildman–Crippen MR) is 81.1 cm³/mol. The first-order valence-corrected chi connectivity index (χ1v) is 7.83. The van der Waals surface area contributed by atoms with Gasteiger partial charge in [0.2, 0.25) is 0 Å². The monoisotopic (exact) mass is 285 g/mol. The molecule has 0 aliphatic rings. The summed E-state index contributed by atoms with van der Waals surface area (Å²) in [5.74, 6) is 0. The van der Waals surface area contributed by atoms with Gasteiger partial charge in [-0.25, -0.2) is 4.98 Å². The van der Waals surface area contributed by atoms with Crippen LogP contribution in [0.15, 0.2) is 42.5 Å². The topological polar surface area (TPSA) is 30.0 Å². The molecule has 2 nitrogen and oxygen atoms in total. The summed E-state index contributed by atoms with van der Waals surface area (Å²) in [5.41, 5.74) is 4.50. The largest absolute Gasteiger partial charge is 0.275 e. The Morgan fingerprint density at radius 1 is 1.16 bits per heavy atom. The van der Waals surface area contributed by atoms with Gasteiger partial charge in [0.25, 0.3) is 0 Å². The van der Waals surface area contributed by atoms with Crippen LogP contribution < -0.4 is 0 Å². The summed E-state index contributed by atoms with van der Waals surface area (Å²) < 4.78 is 11.8. The number of thiazole rings is 1. The van der Waals surface area contributed by atoms with Gasteiger partial charge < -0.3 is 0 Å². The lowest BCUT2D eigenvalue weighted by molar-refractivity contribution is 0.598. The molecule has 3 rings (SSSR count). The Kier molecular flexibility index (Phi) is 3.41. The number of hydrogen-bond donors (Lipinski definition) is 0. The lowest BCUT2D eigenvalue weighted by Crippen LogP contribution is -1.79. The van der Waals surface area contributed by atoms with E-state index in [1.165, 1.54) is 10.3 Å². The van der Waals surface area contributed by atoms with Crippen molar-refractivity contribution in [3.63, 3.8) is 0 Å². The molecule has 0 atom stereocenters. The van der Waals surface area contributed by atoms with Crippen LogP contribution in [0.5, 0.6) is 0 Å². The molecular weight excluding hydrogens is 273 g/mol. The minimum absolute atomic E-state index is 0.162. The molecule has 1 aromatic heterocycles. The van der Waals surface area contributed by atoms with Gasteiger partial charge in [-0.2, -0.15) is 0 Å². The molecule has 0 saturated carbocycles. The van der Waals surface area contributed by atoms with Gasteiger partial charge in [-0.05, 0) is 30.2 Å². The minimum atomic E-state index is 0.162. The highest BCUT2D eigenvalue weighted by molar-refractivity contribution is 7.22. The molecule has 0 spiro atoms. The minimum Gasteiger partial charge on any atom is -0.275 e. The van der Waals surface area contributed by atoms with Crippen molar-refractivity contribution in [3.05, 3.63) is 53.6 Å². The van der Waals surface area contributed by atoms with E-state index in [4.69, 9.17) is 0 Å². The third-order valence-electron chi connectivity index (χ3n) is 2.99. The average molecular weight is 285 g/mol. The van der Waals surface area contributed by atoms with Crippen LogP contribution in [0.1, 0.15) is 11.1 Å². The summed E-state index contributed by atoms with van der Waals surface area (Å²) in [6.07, 6.45) is 0.569. The zero-order valence-electron chi connectivity index (χ0n) is 10.5. The van der Waals surface area contributed by atoms with E-state index < -0.39 is 0 Å². The second kappa shape index (κ2) is 5.20. The van der Waals surface area contributed by atoms with Crippen molar-refractivity contribution < 1.29 is 4.57 Å². The first kappa shape index (κ1) is 12.5. The van der Waals surface area contributed by atoms with Crippen molar-refractivity contribution in [3.8, 4) is 10.6 Å². The summed E-state index contributed by atoms with van der Waals surface area (Å²) in [4.78, 5) is 4.65. The third-order valence-corrected chi connectivity index (χ3v) is 4.55. The van der Waals surface area contributed by atoms with Crippen molar-refractivity contribution in [1.29, 1.82) is 0 Å². The number of aromatic nitrogens is 1. The Morgan fingerprint density at radius 3 is 2.68 bits per heavy atom. The summed E-state index contributed by atoms with van der Waals surface area (Å²) in [6.45, 7) is 2.09.